The number of anilines is 1. The highest BCUT2D eigenvalue weighted by Gasteiger charge is 2.25. The second-order valence-corrected chi connectivity index (χ2v) is 7.90. The second kappa shape index (κ2) is 6.58. The molecule has 2 aliphatic heterocycles. The van der Waals surface area contributed by atoms with E-state index in [0.717, 1.165) is 33.5 Å². The first-order chi connectivity index (χ1) is 13.2. The Labute approximate surface area is 164 Å². The van der Waals surface area contributed by atoms with Gasteiger partial charge >= 0.3 is 0 Å². The van der Waals surface area contributed by atoms with Crippen molar-refractivity contribution in [2.45, 2.75) is 0 Å². The second-order valence-electron chi connectivity index (χ2n) is 6.46. The predicted octanol–water partition coefficient (Wildman–Crippen LogP) is 3.64. The molecule has 3 heterocycles. The van der Waals surface area contributed by atoms with Crippen LogP contribution in [0.25, 0.3) is 10.2 Å². The van der Waals surface area contributed by atoms with Crippen molar-refractivity contribution in [2.75, 3.05) is 37.9 Å². The number of carbonyl (C=O) groups is 1. The molecule has 0 unspecified atom stereocenters. The van der Waals surface area contributed by atoms with E-state index in [9.17, 15) is 4.79 Å². The number of halogens is 1. The van der Waals surface area contributed by atoms with Gasteiger partial charge in [0.05, 0.1) is 10.2 Å². The molecule has 0 spiro atoms. The number of fused-ring (bicyclic) bond motifs is 2. The molecular weight excluding hydrogens is 386 g/mol. The number of aromatic nitrogens is 1. The number of amides is 1. The van der Waals surface area contributed by atoms with Crippen molar-refractivity contribution in [1.29, 1.82) is 0 Å². The SMILES string of the molecule is O=C(c1ccc2c(c1)OCO2)N1CCN(c2nc3ccc(Cl)cc3s2)CC1. The lowest BCUT2D eigenvalue weighted by molar-refractivity contribution is 0.0746. The molecule has 0 radical (unpaired) electrons. The number of thiazole rings is 1. The summed E-state index contributed by atoms with van der Waals surface area (Å²) in [5.41, 5.74) is 1.58. The summed E-state index contributed by atoms with van der Waals surface area (Å²) in [5, 5.41) is 1.69. The highest BCUT2D eigenvalue weighted by atomic mass is 35.5. The van der Waals surface area contributed by atoms with E-state index in [2.05, 4.69) is 4.90 Å². The molecule has 6 nitrogen and oxygen atoms in total. The largest absolute Gasteiger partial charge is 0.454 e. The summed E-state index contributed by atoms with van der Waals surface area (Å²) in [6.07, 6.45) is 0. The van der Waals surface area contributed by atoms with Gasteiger partial charge in [-0.15, -0.1) is 0 Å². The Morgan fingerprint density at radius 2 is 1.85 bits per heavy atom. The van der Waals surface area contributed by atoms with Crippen molar-refractivity contribution in [3.8, 4) is 11.5 Å². The van der Waals surface area contributed by atoms with Gasteiger partial charge in [0.25, 0.3) is 5.91 Å². The molecule has 1 fully saturated rings. The van der Waals surface area contributed by atoms with Crippen LogP contribution in [0.1, 0.15) is 10.4 Å². The lowest BCUT2D eigenvalue weighted by Crippen LogP contribution is -2.48. The predicted molar refractivity (Wildman–Crippen MR) is 105 cm³/mol. The van der Waals surface area contributed by atoms with E-state index < -0.39 is 0 Å². The topological polar surface area (TPSA) is 54.9 Å². The maximum atomic E-state index is 12.8. The quantitative estimate of drug-likeness (QED) is 0.656. The molecule has 138 valence electrons. The zero-order chi connectivity index (χ0) is 18.4. The van der Waals surface area contributed by atoms with Gasteiger partial charge < -0.3 is 19.3 Å². The van der Waals surface area contributed by atoms with Crippen molar-refractivity contribution < 1.29 is 14.3 Å². The van der Waals surface area contributed by atoms with Crippen molar-refractivity contribution in [3.05, 3.63) is 47.0 Å². The summed E-state index contributed by atoms with van der Waals surface area (Å²) in [6.45, 7) is 3.03. The minimum Gasteiger partial charge on any atom is -0.454 e. The van der Waals surface area contributed by atoms with Gasteiger partial charge in [0.2, 0.25) is 6.79 Å². The van der Waals surface area contributed by atoms with Crippen molar-refractivity contribution in [2.24, 2.45) is 0 Å². The maximum Gasteiger partial charge on any atom is 0.254 e. The van der Waals surface area contributed by atoms with Crippen molar-refractivity contribution in [3.63, 3.8) is 0 Å². The molecule has 5 rings (SSSR count). The van der Waals surface area contributed by atoms with E-state index >= 15 is 0 Å². The van der Waals surface area contributed by atoms with Crippen LogP contribution in [0.3, 0.4) is 0 Å². The van der Waals surface area contributed by atoms with E-state index in [1.54, 1.807) is 29.5 Å². The molecule has 0 N–H and O–H groups in total. The Hall–Kier alpha value is -2.51. The monoisotopic (exact) mass is 401 g/mol. The van der Waals surface area contributed by atoms with Gasteiger partial charge in [0, 0.05) is 36.8 Å². The Kier molecular flexibility index (Phi) is 4.06. The third kappa shape index (κ3) is 3.07. The standard InChI is InChI=1S/C19H16ClN3O3S/c20-13-2-3-14-17(10-13)27-19(21-14)23-7-5-22(6-8-23)18(24)12-1-4-15-16(9-12)26-11-25-15/h1-4,9-10H,5-8,11H2. The maximum absolute atomic E-state index is 12.8. The van der Waals surface area contributed by atoms with Crippen LogP contribution in [-0.2, 0) is 0 Å². The fraction of sp³-hybridized carbons (Fsp3) is 0.263. The van der Waals surface area contributed by atoms with E-state index in [1.807, 2.05) is 23.1 Å². The Balaban J connectivity index is 1.28. The van der Waals surface area contributed by atoms with E-state index in [1.165, 1.54) is 0 Å². The molecule has 0 aliphatic carbocycles. The van der Waals surface area contributed by atoms with Crippen LogP contribution < -0.4 is 14.4 Å². The normalized spacial score (nSPS) is 16.2. The van der Waals surface area contributed by atoms with Gasteiger partial charge in [-0.1, -0.05) is 22.9 Å². The molecule has 2 aromatic carbocycles. The molecule has 0 bridgehead atoms. The number of carbonyl (C=O) groups excluding carboxylic acids is 1. The summed E-state index contributed by atoms with van der Waals surface area (Å²) in [6, 6.07) is 11.1. The first-order valence-electron chi connectivity index (χ1n) is 8.67. The van der Waals surface area contributed by atoms with Crippen LogP contribution >= 0.6 is 22.9 Å². The Morgan fingerprint density at radius 1 is 1.04 bits per heavy atom. The van der Waals surface area contributed by atoms with Crippen LogP contribution in [0.4, 0.5) is 5.13 Å². The zero-order valence-corrected chi connectivity index (χ0v) is 15.9. The highest BCUT2D eigenvalue weighted by Crippen LogP contribution is 2.33. The van der Waals surface area contributed by atoms with E-state index in [4.69, 9.17) is 26.1 Å². The lowest BCUT2D eigenvalue weighted by atomic mass is 10.1. The third-order valence-electron chi connectivity index (χ3n) is 4.80. The summed E-state index contributed by atoms with van der Waals surface area (Å²) in [7, 11) is 0. The number of hydrogen-bond acceptors (Lipinski definition) is 6. The molecule has 1 saturated heterocycles. The third-order valence-corrected chi connectivity index (χ3v) is 6.11. The zero-order valence-electron chi connectivity index (χ0n) is 14.4. The van der Waals surface area contributed by atoms with Crippen LogP contribution in [0, 0.1) is 0 Å². The smallest absolute Gasteiger partial charge is 0.254 e. The van der Waals surface area contributed by atoms with Crippen molar-refractivity contribution in [1.82, 2.24) is 9.88 Å². The average Bonchev–Trinajstić information content (AvgIpc) is 3.33. The van der Waals surface area contributed by atoms with Crippen LogP contribution in [0.15, 0.2) is 36.4 Å². The van der Waals surface area contributed by atoms with Gasteiger partial charge in [-0.05, 0) is 36.4 Å². The molecule has 27 heavy (non-hydrogen) atoms. The van der Waals surface area contributed by atoms with Gasteiger partial charge in [-0.2, -0.15) is 0 Å². The molecule has 1 aromatic heterocycles. The number of piperazine rings is 1. The van der Waals surface area contributed by atoms with Crippen LogP contribution in [-0.4, -0.2) is 48.8 Å². The van der Waals surface area contributed by atoms with Gasteiger partial charge in [-0.3, -0.25) is 4.79 Å². The van der Waals surface area contributed by atoms with E-state index in [0.29, 0.717) is 30.2 Å². The first kappa shape index (κ1) is 16.6. The summed E-state index contributed by atoms with van der Waals surface area (Å²) in [4.78, 5) is 21.6. The molecule has 8 heteroatoms. The summed E-state index contributed by atoms with van der Waals surface area (Å²) < 4.78 is 11.8. The minimum absolute atomic E-state index is 0.0176. The lowest BCUT2D eigenvalue weighted by Gasteiger charge is -2.34. The number of benzene rings is 2. The fourth-order valence-electron chi connectivity index (χ4n) is 3.33. The van der Waals surface area contributed by atoms with Crippen LogP contribution in [0.5, 0.6) is 11.5 Å². The molecular formula is C19H16ClN3O3S. The molecule has 0 saturated carbocycles. The number of nitrogens with zero attached hydrogens (tertiary/aromatic N) is 3. The van der Waals surface area contributed by atoms with Gasteiger partial charge in [0.15, 0.2) is 16.6 Å². The van der Waals surface area contributed by atoms with Gasteiger partial charge in [0.1, 0.15) is 0 Å². The number of ether oxygens (including phenoxy) is 2. The Bertz CT molecular complexity index is 1030. The number of hydrogen-bond donors (Lipinski definition) is 0. The van der Waals surface area contributed by atoms with Crippen molar-refractivity contribution >= 4 is 44.2 Å². The summed E-state index contributed by atoms with van der Waals surface area (Å²) in [5.74, 6) is 1.34. The van der Waals surface area contributed by atoms with Crippen LogP contribution in [0.2, 0.25) is 5.02 Å². The molecule has 2 aliphatic rings. The van der Waals surface area contributed by atoms with Gasteiger partial charge in [-0.25, -0.2) is 4.98 Å². The van der Waals surface area contributed by atoms with E-state index in [-0.39, 0.29) is 12.7 Å². The molecule has 3 aromatic rings. The fourth-order valence-corrected chi connectivity index (χ4v) is 4.63. The first-order valence-corrected chi connectivity index (χ1v) is 9.87. The highest BCUT2D eigenvalue weighted by molar-refractivity contribution is 7.22. The Morgan fingerprint density at radius 3 is 2.70 bits per heavy atom. The number of rotatable bonds is 2. The molecule has 0 atom stereocenters. The summed E-state index contributed by atoms with van der Waals surface area (Å²) >= 11 is 7.70. The average molecular weight is 402 g/mol. The molecule has 1 amide bonds. The minimum atomic E-state index is 0.0176.